The number of hydrogen-bond acceptors (Lipinski definition) is 5. The maximum atomic E-state index is 8.93. The average Bonchev–Trinajstić information content (AvgIpc) is 2.71. The molecule has 0 aromatic carbocycles. The smallest absolute Gasteiger partial charge is 0.151 e. The Hall–Kier alpha value is -1.20. The fourth-order valence-electron chi connectivity index (χ4n) is 2.41. The molecule has 17 heavy (non-hydrogen) atoms. The van der Waals surface area contributed by atoms with E-state index in [9.17, 15) is 0 Å². The largest absolute Gasteiger partial charge is 0.390 e. The highest BCUT2D eigenvalue weighted by atomic mass is 16.3. The summed E-state index contributed by atoms with van der Waals surface area (Å²) in [6, 6.07) is 4.33. The van der Waals surface area contributed by atoms with Crippen LogP contribution in [0.25, 0.3) is 0 Å². The van der Waals surface area contributed by atoms with Crippen molar-refractivity contribution >= 4 is 5.82 Å². The summed E-state index contributed by atoms with van der Waals surface area (Å²) in [6.45, 7) is 4.21. The van der Waals surface area contributed by atoms with Gasteiger partial charge in [-0.05, 0) is 32.1 Å². The zero-order valence-electron chi connectivity index (χ0n) is 10.7. The third-order valence-corrected chi connectivity index (χ3v) is 3.43. The van der Waals surface area contributed by atoms with Gasteiger partial charge in [0.15, 0.2) is 5.82 Å². The van der Waals surface area contributed by atoms with Gasteiger partial charge in [-0.25, -0.2) is 0 Å². The summed E-state index contributed by atoms with van der Waals surface area (Å²) in [5, 5.41) is 17.1. The van der Waals surface area contributed by atoms with Gasteiger partial charge in [-0.15, -0.1) is 5.10 Å². The Bertz CT molecular complexity index is 365. The predicted octanol–water partition coefficient (Wildman–Crippen LogP) is 0.355. The molecular weight excluding hydrogens is 216 g/mol. The van der Waals surface area contributed by atoms with E-state index in [4.69, 9.17) is 5.11 Å². The lowest BCUT2D eigenvalue weighted by Gasteiger charge is -2.22. The number of likely N-dealkylation sites (N-methyl/N-ethyl adjacent to an activating group) is 1. The Morgan fingerprint density at radius 1 is 1.35 bits per heavy atom. The Morgan fingerprint density at radius 2 is 2.12 bits per heavy atom. The number of hydrogen-bond donors (Lipinski definition) is 1. The van der Waals surface area contributed by atoms with E-state index < -0.39 is 0 Å². The minimum atomic E-state index is -0.0516. The third kappa shape index (κ3) is 2.56. The number of anilines is 1. The van der Waals surface area contributed by atoms with E-state index in [1.54, 1.807) is 0 Å². The summed E-state index contributed by atoms with van der Waals surface area (Å²) >= 11 is 0. The molecule has 2 heterocycles. The maximum Gasteiger partial charge on any atom is 0.151 e. The van der Waals surface area contributed by atoms with Gasteiger partial charge in [0, 0.05) is 19.1 Å². The first-order chi connectivity index (χ1) is 8.11. The van der Waals surface area contributed by atoms with Crippen LogP contribution < -0.4 is 4.90 Å². The van der Waals surface area contributed by atoms with Gasteiger partial charge in [0.2, 0.25) is 0 Å². The average molecular weight is 236 g/mol. The zero-order chi connectivity index (χ0) is 12.4. The molecule has 5 nitrogen and oxygen atoms in total. The summed E-state index contributed by atoms with van der Waals surface area (Å²) in [5.41, 5.74) is 0.616. The van der Waals surface area contributed by atoms with Crippen LogP contribution in [0.5, 0.6) is 0 Å². The molecule has 0 radical (unpaired) electrons. The summed E-state index contributed by atoms with van der Waals surface area (Å²) in [7, 11) is 4.23. The third-order valence-electron chi connectivity index (χ3n) is 3.43. The molecule has 0 spiro atoms. The number of nitrogens with zero attached hydrogens (tertiary/aromatic N) is 4. The predicted molar refractivity (Wildman–Crippen MR) is 66.8 cm³/mol. The van der Waals surface area contributed by atoms with Gasteiger partial charge in [-0.2, -0.15) is 5.10 Å². The summed E-state index contributed by atoms with van der Waals surface area (Å²) < 4.78 is 0. The summed E-state index contributed by atoms with van der Waals surface area (Å²) in [5.74, 6) is 1.53. The van der Waals surface area contributed by atoms with E-state index >= 15 is 0 Å². The molecule has 1 N–H and O–H groups in total. The normalized spacial score (nSPS) is 24.6. The van der Waals surface area contributed by atoms with Gasteiger partial charge in [0.25, 0.3) is 0 Å². The molecule has 0 amide bonds. The molecule has 1 saturated heterocycles. The van der Waals surface area contributed by atoms with Crippen molar-refractivity contribution in [3.63, 3.8) is 0 Å². The molecule has 1 aromatic heterocycles. The van der Waals surface area contributed by atoms with Crippen LogP contribution in [0.3, 0.4) is 0 Å². The Balaban J connectivity index is 2.08. The number of aliphatic hydroxyl groups excluding tert-OH is 1. The molecule has 5 heteroatoms. The Kier molecular flexibility index (Phi) is 3.59. The zero-order valence-corrected chi connectivity index (χ0v) is 10.7. The molecule has 1 aliphatic heterocycles. The number of aliphatic hydroxyl groups is 1. The molecule has 1 fully saturated rings. The van der Waals surface area contributed by atoms with E-state index in [2.05, 4.69) is 41.0 Å². The molecule has 1 aromatic rings. The molecule has 2 rings (SSSR count). The van der Waals surface area contributed by atoms with Crippen molar-refractivity contribution in [2.45, 2.75) is 19.6 Å². The van der Waals surface area contributed by atoms with Crippen LogP contribution in [0.1, 0.15) is 12.6 Å². The quantitative estimate of drug-likeness (QED) is 0.821. The van der Waals surface area contributed by atoms with Gasteiger partial charge in [-0.1, -0.05) is 6.92 Å². The summed E-state index contributed by atoms with van der Waals surface area (Å²) in [4.78, 5) is 4.52. The van der Waals surface area contributed by atoms with Crippen LogP contribution in [0.15, 0.2) is 12.1 Å². The second kappa shape index (κ2) is 4.98. The topological polar surface area (TPSA) is 52.5 Å². The molecule has 0 saturated carbocycles. The van der Waals surface area contributed by atoms with E-state index in [0.717, 1.165) is 18.9 Å². The standard InChI is InChI=1S/C12H20N4O/c1-9-6-16(7-11(9)15(2)3)12-5-4-10(8-17)13-14-12/h4-5,9,11,17H,6-8H2,1-3H3. The molecule has 1 aliphatic rings. The van der Waals surface area contributed by atoms with E-state index in [1.165, 1.54) is 0 Å². The second-order valence-corrected chi connectivity index (χ2v) is 4.95. The maximum absolute atomic E-state index is 8.93. The molecular formula is C12H20N4O. The van der Waals surface area contributed by atoms with Crippen molar-refractivity contribution in [3.8, 4) is 0 Å². The Labute approximate surface area is 102 Å². The Morgan fingerprint density at radius 3 is 2.59 bits per heavy atom. The first-order valence-corrected chi connectivity index (χ1v) is 5.96. The van der Waals surface area contributed by atoms with Gasteiger partial charge in [0.1, 0.15) is 0 Å². The van der Waals surface area contributed by atoms with Crippen molar-refractivity contribution in [2.24, 2.45) is 5.92 Å². The summed E-state index contributed by atoms with van der Waals surface area (Å²) in [6.07, 6.45) is 0. The van der Waals surface area contributed by atoms with Crippen molar-refractivity contribution in [1.29, 1.82) is 0 Å². The number of aromatic nitrogens is 2. The van der Waals surface area contributed by atoms with Crippen LogP contribution in [0, 0.1) is 5.92 Å². The van der Waals surface area contributed by atoms with Crippen molar-refractivity contribution < 1.29 is 5.11 Å². The van der Waals surface area contributed by atoms with Crippen LogP contribution in [-0.4, -0.2) is 53.4 Å². The number of rotatable bonds is 3. The first-order valence-electron chi connectivity index (χ1n) is 5.96. The SMILES string of the molecule is CC1CN(c2ccc(CO)nn2)CC1N(C)C. The minimum Gasteiger partial charge on any atom is -0.390 e. The van der Waals surface area contributed by atoms with Crippen LogP contribution >= 0.6 is 0 Å². The van der Waals surface area contributed by atoms with Gasteiger partial charge >= 0.3 is 0 Å². The van der Waals surface area contributed by atoms with Crippen molar-refractivity contribution in [3.05, 3.63) is 17.8 Å². The van der Waals surface area contributed by atoms with E-state index in [0.29, 0.717) is 17.7 Å². The lowest BCUT2D eigenvalue weighted by molar-refractivity contribution is 0.266. The highest BCUT2D eigenvalue weighted by molar-refractivity contribution is 5.39. The highest BCUT2D eigenvalue weighted by Gasteiger charge is 2.31. The minimum absolute atomic E-state index is 0.0516. The fraction of sp³-hybridized carbons (Fsp3) is 0.667. The molecule has 94 valence electrons. The fourth-order valence-corrected chi connectivity index (χ4v) is 2.41. The molecule has 2 atom stereocenters. The van der Waals surface area contributed by atoms with Crippen molar-refractivity contribution in [2.75, 3.05) is 32.1 Å². The molecule has 0 bridgehead atoms. The van der Waals surface area contributed by atoms with Crippen LogP contribution in [-0.2, 0) is 6.61 Å². The molecule has 2 unspecified atom stereocenters. The van der Waals surface area contributed by atoms with Crippen molar-refractivity contribution in [1.82, 2.24) is 15.1 Å². The molecule has 0 aliphatic carbocycles. The van der Waals surface area contributed by atoms with E-state index in [-0.39, 0.29) is 6.61 Å². The van der Waals surface area contributed by atoms with Gasteiger partial charge in [-0.3, -0.25) is 0 Å². The van der Waals surface area contributed by atoms with Crippen LogP contribution in [0.4, 0.5) is 5.82 Å². The monoisotopic (exact) mass is 236 g/mol. The second-order valence-electron chi connectivity index (χ2n) is 4.95. The lowest BCUT2D eigenvalue weighted by Crippen LogP contribution is -2.34. The lowest BCUT2D eigenvalue weighted by atomic mass is 10.1. The highest BCUT2D eigenvalue weighted by Crippen LogP contribution is 2.24. The van der Waals surface area contributed by atoms with Gasteiger partial charge < -0.3 is 14.9 Å². The van der Waals surface area contributed by atoms with Gasteiger partial charge in [0.05, 0.1) is 12.3 Å². The first kappa shape index (κ1) is 12.3. The van der Waals surface area contributed by atoms with E-state index in [1.807, 2.05) is 12.1 Å². The van der Waals surface area contributed by atoms with Crippen LogP contribution in [0.2, 0.25) is 0 Å².